The highest BCUT2D eigenvalue weighted by molar-refractivity contribution is 5.09. The summed E-state index contributed by atoms with van der Waals surface area (Å²) < 4.78 is 0. The molecule has 1 heterocycles. The second-order valence-corrected chi connectivity index (χ2v) is 3.64. The Morgan fingerprint density at radius 1 is 1.50 bits per heavy atom. The first-order chi connectivity index (χ1) is 3.73. The number of rotatable bonds is 0. The minimum absolute atomic E-state index is 0.828. The van der Waals surface area contributed by atoms with Gasteiger partial charge in [-0.2, -0.15) is 0 Å². The van der Waals surface area contributed by atoms with Gasteiger partial charge in [0, 0.05) is 13.1 Å². The molecule has 0 unspecified atom stereocenters. The van der Waals surface area contributed by atoms with Gasteiger partial charge in [-0.25, -0.2) is 0 Å². The lowest BCUT2D eigenvalue weighted by Gasteiger charge is -2.37. The fourth-order valence-electron chi connectivity index (χ4n) is 2.02. The molecule has 2 rings (SSSR count). The van der Waals surface area contributed by atoms with Crippen molar-refractivity contribution in [2.24, 2.45) is 11.3 Å². The van der Waals surface area contributed by atoms with Gasteiger partial charge in [-0.1, -0.05) is 6.92 Å². The molecule has 0 amide bonds. The van der Waals surface area contributed by atoms with Crippen LogP contribution in [0.2, 0.25) is 0 Å². The average molecular weight is 111 g/mol. The molecule has 46 valence electrons. The van der Waals surface area contributed by atoms with Crippen LogP contribution in [0, 0.1) is 11.3 Å². The molecule has 2 aliphatic rings. The van der Waals surface area contributed by atoms with E-state index in [9.17, 15) is 0 Å². The molecule has 1 atom stereocenters. The normalized spacial score (nSPS) is 42.0. The maximum absolute atomic E-state index is 2.41. The number of hydrogen-bond acceptors (Lipinski definition) is 1. The van der Waals surface area contributed by atoms with Crippen LogP contribution in [0.5, 0.6) is 0 Å². The van der Waals surface area contributed by atoms with Crippen LogP contribution in [0.3, 0.4) is 0 Å². The van der Waals surface area contributed by atoms with E-state index >= 15 is 0 Å². The summed E-state index contributed by atoms with van der Waals surface area (Å²) in [5, 5.41) is 0. The molecule has 0 bridgehead atoms. The van der Waals surface area contributed by atoms with E-state index < -0.39 is 0 Å². The van der Waals surface area contributed by atoms with Crippen LogP contribution >= 0.6 is 0 Å². The largest absolute Gasteiger partial charge is 0.305 e. The van der Waals surface area contributed by atoms with E-state index in [-0.39, 0.29) is 0 Å². The molecule has 1 heteroatoms. The van der Waals surface area contributed by atoms with Crippen molar-refractivity contribution < 1.29 is 0 Å². The molecule has 8 heavy (non-hydrogen) atoms. The lowest BCUT2D eigenvalue weighted by Crippen LogP contribution is -2.46. The van der Waals surface area contributed by atoms with Crippen LogP contribution < -0.4 is 0 Å². The quantitative estimate of drug-likeness (QED) is 0.450. The Balaban J connectivity index is 1.96. The minimum atomic E-state index is 0.828. The predicted molar refractivity (Wildman–Crippen MR) is 33.7 cm³/mol. The number of nitrogens with zero attached hydrogens (tertiary/aromatic N) is 1. The summed E-state index contributed by atoms with van der Waals surface area (Å²) in [5.41, 5.74) is 0.828. The van der Waals surface area contributed by atoms with E-state index in [1.54, 1.807) is 0 Å². The van der Waals surface area contributed by atoms with Crippen LogP contribution in [0.15, 0.2) is 0 Å². The highest BCUT2D eigenvalue weighted by Gasteiger charge is 2.57. The lowest BCUT2D eigenvalue weighted by atomic mass is 9.95. The van der Waals surface area contributed by atoms with E-state index in [4.69, 9.17) is 0 Å². The second-order valence-electron chi connectivity index (χ2n) is 3.64. The summed E-state index contributed by atoms with van der Waals surface area (Å²) >= 11 is 0. The average Bonchev–Trinajstić information content (AvgIpc) is 2.13. The fourth-order valence-corrected chi connectivity index (χ4v) is 2.02. The van der Waals surface area contributed by atoms with Gasteiger partial charge in [-0.3, -0.25) is 0 Å². The third-order valence-corrected chi connectivity index (χ3v) is 2.77. The molecule has 1 saturated carbocycles. The summed E-state index contributed by atoms with van der Waals surface area (Å²) in [4.78, 5) is 2.41. The van der Waals surface area contributed by atoms with Gasteiger partial charge >= 0.3 is 0 Å². The molecule has 0 N–H and O–H groups in total. The van der Waals surface area contributed by atoms with Crippen molar-refractivity contribution >= 4 is 0 Å². The van der Waals surface area contributed by atoms with E-state index in [1.807, 2.05) is 0 Å². The Bertz CT molecular complexity index is 114. The number of likely N-dealkylation sites (tertiary alicyclic amines) is 1. The van der Waals surface area contributed by atoms with Crippen molar-refractivity contribution in [2.45, 2.75) is 13.3 Å². The van der Waals surface area contributed by atoms with Crippen molar-refractivity contribution in [1.82, 2.24) is 4.90 Å². The van der Waals surface area contributed by atoms with Gasteiger partial charge in [0.15, 0.2) is 0 Å². The molecule has 1 aliphatic carbocycles. The smallest absolute Gasteiger partial charge is 0.00501 e. The van der Waals surface area contributed by atoms with Crippen LogP contribution in [-0.2, 0) is 0 Å². The third kappa shape index (κ3) is 0.408. The zero-order valence-electron chi connectivity index (χ0n) is 5.65. The van der Waals surface area contributed by atoms with Crippen molar-refractivity contribution in [2.75, 3.05) is 20.1 Å². The van der Waals surface area contributed by atoms with E-state index in [0.29, 0.717) is 0 Å². The summed E-state index contributed by atoms with van der Waals surface area (Å²) in [6, 6.07) is 0. The second kappa shape index (κ2) is 1.10. The van der Waals surface area contributed by atoms with Gasteiger partial charge in [-0.05, 0) is 24.8 Å². The topological polar surface area (TPSA) is 3.24 Å². The van der Waals surface area contributed by atoms with Crippen LogP contribution in [0.25, 0.3) is 0 Å². The summed E-state index contributed by atoms with van der Waals surface area (Å²) in [7, 11) is 2.20. The Labute approximate surface area is 50.7 Å². The molecule has 0 aromatic rings. The maximum Gasteiger partial charge on any atom is 0.00501 e. The zero-order valence-corrected chi connectivity index (χ0v) is 5.65. The molecular formula is C7H13N. The monoisotopic (exact) mass is 111 g/mol. The maximum atomic E-state index is 2.41. The minimum Gasteiger partial charge on any atom is -0.305 e. The lowest BCUT2D eigenvalue weighted by molar-refractivity contribution is 0.102. The Morgan fingerprint density at radius 3 is 2.12 bits per heavy atom. The fraction of sp³-hybridized carbons (Fsp3) is 1.00. The van der Waals surface area contributed by atoms with Crippen molar-refractivity contribution in [3.8, 4) is 0 Å². The third-order valence-electron chi connectivity index (χ3n) is 2.77. The molecule has 0 aromatic heterocycles. The first-order valence-corrected chi connectivity index (χ1v) is 3.41. The molecule has 0 aromatic carbocycles. The van der Waals surface area contributed by atoms with Gasteiger partial charge in [0.25, 0.3) is 0 Å². The van der Waals surface area contributed by atoms with E-state index in [2.05, 4.69) is 18.9 Å². The van der Waals surface area contributed by atoms with Crippen molar-refractivity contribution in [3.63, 3.8) is 0 Å². The molecule has 1 aliphatic heterocycles. The highest BCUT2D eigenvalue weighted by Crippen LogP contribution is 2.57. The summed E-state index contributed by atoms with van der Waals surface area (Å²) in [6.45, 7) is 5.11. The highest BCUT2D eigenvalue weighted by atomic mass is 15.2. The number of hydrogen-bond donors (Lipinski definition) is 0. The first kappa shape index (κ1) is 4.80. The van der Waals surface area contributed by atoms with Crippen LogP contribution in [-0.4, -0.2) is 25.0 Å². The SMILES string of the molecule is C[C@@H]1CC12CN(C)C2. The molecule has 1 saturated heterocycles. The van der Waals surface area contributed by atoms with Gasteiger partial charge in [-0.15, -0.1) is 0 Å². The van der Waals surface area contributed by atoms with Gasteiger partial charge in [0.05, 0.1) is 0 Å². The predicted octanol–water partition coefficient (Wildman–Crippen LogP) is 0.958. The van der Waals surface area contributed by atoms with E-state index in [0.717, 1.165) is 11.3 Å². The standard InChI is InChI=1S/C7H13N/c1-6-3-7(6)4-8(2)5-7/h6H,3-5H2,1-2H3/t6-/m1/s1. The molecule has 2 fully saturated rings. The van der Waals surface area contributed by atoms with Gasteiger partial charge < -0.3 is 4.90 Å². The molecular weight excluding hydrogens is 98.1 g/mol. The van der Waals surface area contributed by atoms with Crippen LogP contribution in [0.1, 0.15) is 13.3 Å². The van der Waals surface area contributed by atoms with Crippen molar-refractivity contribution in [1.29, 1.82) is 0 Å². The summed E-state index contributed by atoms with van der Waals surface area (Å²) in [6.07, 6.45) is 1.50. The van der Waals surface area contributed by atoms with Gasteiger partial charge in [0.1, 0.15) is 0 Å². The zero-order chi connectivity index (χ0) is 5.78. The Kier molecular flexibility index (Phi) is 0.663. The van der Waals surface area contributed by atoms with Crippen LogP contribution in [0.4, 0.5) is 0 Å². The summed E-state index contributed by atoms with van der Waals surface area (Å²) in [5.74, 6) is 1.04. The van der Waals surface area contributed by atoms with Crippen molar-refractivity contribution in [3.05, 3.63) is 0 Å². The van der Waals surface area contributed by atoms with E-state index in [1.165, 1.54) is 19.5 Å². The Hall–Kier alpha value is -0.0400. The van der Waals surface area contributed by atoms with Gasteiger partial charge in [0.2, 0.25) is 0 Å². The molecule has 0 radical (unpaired) electrons. The molecule has 1 spiro atoms. The molecule has 1 nitrogen and oxygen atoms in total. The Morgan fingerprint density at radius 2 is 2.00 bits per heavy atom. The first-order valence-electron chi connectivity index (χ1n) is 3.41.